The van der Waals surface area contributed by atoms with Crippen molar-refractivity contribution < 1.29 is 4.74 Å². The highest BCUT2D eigenvalue weighted by molar-refractivity contribution is 5.40. The average molecular weight is 284 g/mol. The first kappa shape index (κ1) is 14.2. The summed E-state index contributed by atoms with van der Waals surface area (Å²) in [6.07, 6.45) is 4.58. The maximum Gasteiger partial charge on any atom is 0.123 e. The van der Waals surface area contributed by atoms with Crippen molar-refractivity contribution in [2.75, 3.05) is 6.54 Å². The molecule has 0 amide bonds. The summed E-state index contributed by atoms with van der Waals surface area (Å²) in [5.41, 5.74) is 3.99. The smallest absolute Gasteiger partial charge is 0.123 e. The van der Waals surface area contributed by atoms with E-state index >= 15 is 0 Å². The maximum atomic E-state index is 6.07. The Hall–Kier alpha value is -1.74. The fourth-order valence-electron chi connectivity index (χ4n) is 2.95. The summed E-state index contributed by atoms with van der Waals surface area (Å²) in [6, 6.07) is 10.8. The molecule has 3 nitrogen and oxygen atoms in total. The molecule has 0 aliphatic carbocycles. The van der Waals surface area contributed by atoms with Gasteiger partial charge in [-0.1, -0.05) is 24.6 Å². The summed E-state index contributed by atoms with van der Waals surface area (Å²) < 4.78 is 8.39. The number of rotatable bonds is 6. The standard InChI is InChI=1S/C18H24N2O/c1-3-8-19-12-16-5-4-9-20(16)13-17-11-15-10-14(2)6-7-18(15)21-17/h4-7,9-10,17,19H,3,8,11-13H2,1-2H3. The van der Waals surface area contributed by atoms with E-state index in [1.807, 2.05) is 0 Å². The molecule has 2 heterocycles. The van der Waals surface area contributed by atoms with Crippen LogP contribution in [0.15, 0.2) is 36.5 Å². The lowest BCUT2D eigenvalue weighted by molar-refractivity contribution is 0.208. The normalized spacial score (nSPS) is 16.8. The van der Waals surface area contributed by atoms with Gasteiger partial charge in [0, 0.05) is 24.9 Å². The second-order valence-corrected chi connectivity index (χ2v) is 5.88. The second-order valence-electron chi connectivity index (χ2n) is 5.88. The Morgan fingerprint density at radius 3 is 3.10 bits per heavy atom. The van der Waals surface area contributed by atoms with Crippen molar-refractivity contribution in [3.63, 3.8) is 0 Å². The van der Waals surface area contributed by atoms with E-state index in [4.69, 9.17) is 4.74 Å². The van der Waals surface area contributed by atoms with Crippen LogP contribution in [0.2, 0.25) is 0 Å². The molecule has 0 fully saturated rings. The van der Waals surface area contributed by atoms with Crippen molar-refractivity contribution in [3.8, 4) is 5.75 Å². The van der Waals surface area contributed by atoms with E-state index in [0.717, 1.165) is 31.8 Å². The molecule has 1 N–H and O–H groups in total. The highest BCUT2D eigenvalue weighted by Gasteiger charge is 2.23. The molecule has 1 aromatic carbocycles. The molecule has 1 atom stereocenters. The predicted octanol–water partition coefficient (Wildman–Crippen LogP) is 3.30. The molecule has 3 heteroatoms. The van der Waals surface area contributed by atoms with Gasteiger partial charge in [0.15, 0.2) is 0 Å². The van der Waals surface area contributed by atoms with Gasteiger partial charge >= 0.3 is 0 Å². The topological polar surface area (TPSA) is 26.2 Å². The quantitative estimate of drug-likeness (QED) is 0.824. The van der Waals surface area contributed by atoms with Crippen LogP contribution in [-0.4, -0.2) is 17.2 Å². The molecule has 1 aromatic heterocycles. The number of ether oxygens (including phenoxy) is 1. The van der Waals surface area contributed by atoms with Crippen LogP contribution in [0.4, 0.5) is 0 Å². The minimum atomic E-state index is 0.249. The number of fused-ring (bicyclic) bond motifs is 1. The molecule has 0 radical (unpaired) electrons. The highest BCUT2D eigenvalue weighted by Crippen LogP contribution is 2.30. The van der Waals surface area contributed by atoms with Crippen LogP contribution in [0.1, 0.15) is 30.2 Å². The average Bonchev–Trinajstić information content (AvgIpc) is 3.06. The summed E-state index contributed by atoms with van der Waals surface area (Å²) in [5.74, 6) is 1.06. The van der Waals surface area contributed by atoms with Crippen molar-refractivity contribution in [1.29, 1.82) is 0 Å². The molecule has 2 aromatic rings. The summed E-state index contributed by atoms with van der Waals surface area (Å²) in [4.78, 5) is 0. The van der Waals surface area contributed by atoms with Gasteiger partial charge in [-0.3, -0.25) is 0 Å². The van der Waals surface area contributed by atoms with Gasteiger partial charge in [-0.25, -0.2) is 0 Å². The van der Waals surface area contributed by atoms with Gasteiger partial charge in [-0.2, -0.15) is 0 Å². The zero-order chi connectivity index (χ0) is 14.7. The summed E-state index contributed by atoms with van der Waals surface area (Å²) in [7, 11) is 0. The zero-order valence-electron chi connectivity index (χ0n) is 12.9. The Labute approximate surface area is 126 Å². The monoisotopic (exact) mass is 284 g/mol. The fourth-order valence-corrected chi connectivity index (χ4v) is 2.95. The first-order valence-corrected chi connectivity index (χ1v) is 7.87. The third kappa shape index (κ3) is 3.30. The number of nitrogens with one attached hydrogen (secondary N) is 1. The largest absolute Gasteiger partial charge is 0.488 e. The second kappa shape index (κ2) is 6.35. The van der Waals surface area contributed by atoms with E-state index < -0.39 is 0 Å². The maximum absolute atomic E-state index is 6.07. The van der Waals surface area contributed by atoms with Crippen LogP contribution >= 0.6 is 0 Å². The Morgan fingerprint density at radius 2 is 2.24 bits per heavy atom. The van der Waals surface area contributed by atoms with Gasteiger partial charge in [0.1, 0.15) is 11.9 Å². The third-order valence-electron chi connectivity index (χ3n) is 4.01. The van der Waals surface area contributed by atoms with Crippen LogP contribution in [0.5, 0.6) is 5.75 Å². The van der Waals surface area contributed by atoms with Gasteiger partial charge in [0.2, 0.25) is 0 Å². The van der Waals surface area contributed by atoms with Crippen LogP contribution in [-0.2, 0) is 19.5 Å². The molecule has 0 saturated carbocycles. The lowest BCUT2D eigenvalue weighted by Gasteiger charge is -2.15. The molecular weight excluding hydrogens is 260 g/mol. The van der Waals surface area contributed by atoms with Crippen LogP contribution < -0.4 is 10.1 Å². The lowest BCUT2D eigenvalue weighted by Crippen LogP contribution is -2.23. The van der Waals surface area contributed by atoms with Crippen molar-refractivity contribution >= 4 is 0 Å². The van der Waals surface area contributed by atoms with Crippen molar-refractivity contribution in [1.82, 2.24) is 9.88 Å². The van der Waals surface area contributed by atoms with Crippen molar-refractivity contribution in [3.05, 3.63) is 53.3 Å². The molecule has 0 bridgehead atoms. The molecule has 0 spiro atoms. The SMILES string of the molecule is CCCNCc1cccn1CC1Cc2cc(C)ccc2O1. The Balaban J connectivity index is 1.62. The number of aryl methyl sites for hydroxylation is 1. The van der Waals surface area contributed by atoms with E-state index in [2.05, 4.69) is 60.3 Å². The van der Waals surface area contributed by atoms with Gasteiger partial charge in [-0.15, -0.1) is 0 Å². The number of benzene rings is 1. The molecule has 0 saturated heterocycles. The predicted molar refractivity (Wildman–Crippen MR) is 85.7 cm³/mol. The van der Waals surface area contributed by atoms with E-state index in [9.17, 15) is 0 Å². The molecule has 1 unspecified atom stereocenters. The van der Waals surface area contributed by atoms with Crippen molar-refractivity contribution in [2.45, 2.75) is 45.9 Å². The van der Waals surface area contributed by atoms with Gasteiger partial charge in [0.05, 0.1) is 6.54 Å². The Bertz CT molecular complexity index is 603. The van der Waals surface area contributed by atoms with Gasteiger partial charge in [0.25, 0.3) is 0 Å². The number of hydrogen-bond acceptors (Lipinski definition) is 2. The van der Waals surface area contributed by atoms with Gasteiger partial charge < -0.3 is 14.6 Å². The highest BCUT2D eigenvalue weighted by atomic mass is 16.5. The van der Waals surface area contributed by atoms with E-state index in [1.165, 1.54) is 23.2 Å². The van der Waals surface area contributed by atoms with Crippen LogP contribution in [0.25, 0.3) is 0 Å². The van der Waals surface area contributed by atoms with E-state index in [-0.39, 0.29) is 6.10 Å². The Morgan fingerprint density at radius 1 is 1.33 bits per heavy atom. The molecule has 1 aliphatic rings. The van der Waals surface area contributed by atoms with Crippen molar-refractivity contribution in [2.24, 2.45) is 0 Å². The van der Waals surface area contributed by atoms with Crippen LogP contribution in [0, 0.1) is 6.92 Å². The first-order valence-electron chi connectivity index (χ1n) is 7.87. The lowest BCUT2D eigenvalue weighted by atomic mass is 10.1. The third-order valence-corrected chi connectivity index (χ3v) is 4.01. The summed E-state index contributed by atoms with van der Waals surface area (Å²) >= 11 is 0. The fraction of sp³-hybridized carbons (Fsp3) is 0.444. The zero-order valence-corrected chi connectivity index (χ0v) is 12.9. The minimum absolute atomic E-state index is 0.249. The van der Waals surface area contributed by atoms with E-state index in [1.54, 1.807) is 0 Å². The Kier molecular flexibility index (Phi) is 4.30. The number of nitrogens with zero attached hydrogens (tertiary/aromatic N) is 1. The van der Waals surface area contributed by atoms with E-state index in [0.29, 0.717) is 0 Å². The molecule has 112 valence electrons. The summed E-state index contributed by atoms with van der Waals surface area (Å²) in [5, 5.41) is 3.47. The first-order chi connectivity index (χ1) is 10.3. The number of aromatic nitrogens is 1. The molecule has 21 heavy (non-hydrogen) atoms. The van der Waals surface area contributed by atoms with Crippen LogP contribution in [0.3, 0.4) is 0 Å². The summed E-state index contributed by atoms with van der Waals surface area (Å²) in [6.45, 7) is 7.24. The van der Waals surface area contributed by atoms with Gasteiger partial charge in [-0.05, 0) is 43.7 Å². The molecule has 1 aliphatic heterocycles. The molecule has 3 rings (SSSR count). The number of hydrogen-bond donors (Lipinski definition) is 1. The minimum Gasteiger partial charge on any atom is -0.488 e. The molecular formula is C18H24N2O.